The standard InChI is InChI=1S/C23H36Br2N2O6S4/c24-16-5-7-20-18(13-16)26(9-1-3-11-36(28,29)30)22(34-20)15-23-27(10-2-4-12-37(31,32)33)19-14-17(25)6-8-21(19)35-23/h15-21H,1-14H2,(H-,28,29,30,31,32,33)/p+1. The largest absolute Gasteiger partial charge is 0.362 e. The van der Waals surface area contributed by atoms with E-state index in [1.807, 2.05) is 23.5 Å². The third kappa shape index (κ3) is 8.84. The predicted molar refractivity (Wildman–Crippen MR) is 160 cm³/mol. The van der Waals surface area contributed by atoms with Crippen LogP contribution < -0.4 is 0 Å². The first-order chi connectivity index (χ1) is 17.4. The van der Waals surface area contributed by atoms with E-state index in [9.17, 15) is 16.8 Å². The number of rotatable bonds is 11. The molecule has 6 atom stereocenters. The molecule has 0 aromatic carbocycles. The molecule has 1 saturated heterocycles. The number of alkyl halides is 2. The van der Waals surface area contributed by atoms with E-state index in [1.54, 1.807) is 0 Å². The van der Waals surface area contributed by atoms with Crippen molar-refractivity contribution in [2.75, 3.05) is 24.6 Å². The van der Waals surface area contributed by atoms with Gasteiger partial charge in [0.05, 0.1) is 21.8 Å². The van der Waals surface area contributed by atoms with Crippen molar-refractivity contribution in [1.82, 2.24) is 4.90 Å². The van der Waals surface area contributed by atoms with Crippen LogP contribution >= 0.6 is 55.4 Å². The first-order valence-electron chi connectivity index (χ1n) is 13.0. The second-order valence-electron chi connectivity index (χ2n) is 10.5. The summed E-state index contributed by atoms with van der Waals surface area (Å²) in [6, 6.07) is 0.814. The predicted octanol–water partition coefficient (Wildman–Crippen LogP) is 4.74. The average Bonchev–Trinajstić information content (AvgIpc) is 3.30. The molecule has 37 heavy (non-hydrogen) atoms. The SMILES string of the molecule is O=S(=O)(O)CCCCN1C(=CC2=[N+](CCCCS(=O)(=O)O)C3CC(Br)CCC3S2)SC2CCC(Br)CC21. The van der Waals surface area contributed by atoms with Crippen LogP contribution in [0.4, 0.5) is 0 Å². The van der Waals surface area contributed by atoms with Crippen LogP contribution in [0.2, 0.25) is 0 Å². The highest BCUT2D eigenvalue weighted by Gasteiger charge is 2.47. The van der Waals surface area contributed by atoms with Gasteiger partial charge in [-0.05, 0) is 63.1 Å². The lowest BCUT2D eigenvalue weighted by atomic mass is 9.93. The molecule has 0 aromatic heterocycles. The number of hydrogen-bond donors (Lipinski definition) is 2. The second-order valence-corrected chi connectivity index (χ2v) is 18.7. The molecule has 2 aliphatic heterocycles. The highest BCUT2D eigenvalue weighted by molar-refractivity contribution is 9.09. The van der Waals surface area contributed by atoms with Gasteiger partial charge in [-0.15, -0.1) is 11.8 Å². The van der Waals surface area contributed by atoms with Crippen LogP contribution in [0.25, 0.3) is 0 Å². The van der Waals surface area contributed by atoms with E-state index in [1.165, 1.54) is 10.1 Å². The molecular formula is C23H37Br2N2O6S4+. The van der Waals surface area contributed by atoms with Crippen LogP contribution in [0.3, 0.4) is 0 Å². The van der Waals surface area contributed by atoms with Crippen LogP contribution in [-0.4, -0.2) is 97.3 Å². The van der Waals surface area contributed by atoms with Crippen molar-refractivity contribution in [1.29, 1.82) is 0 Å². The topological polar surface area (TPSA) is 115 Å². The molecule has 2 heterocycles. The van der Waals surface area contributed by atoms with E-state index >= 15 is 0 Å². The van der Waals surface area contributed by atoms with Gasteiger partial charge in [0.15, 0.2) is 6.04 Å². The van der Waals surface area contributed by atoms with E-state index in [0.717, 1.165) is 51.6 Å². The molecule has 2 aliphatic carbocycles. The molecule has 0 bridgehead atoms. The Morgan fingerprint density at radius 3 is 2.16 bits per heavy atom. The van der Waals surface area contributed by atoms with Crippen molar-refractivity contribution in [3.05, 3.63) is 11.1 Å². The number of hydrogen-bond acceptors (Lipinski definition) is 7. The lowest BCUT2D eigenvalue weighted by molar-refractivity contribution is -0.561. The van der Waals surface area contributed by atoms with Crippen molar-refractivity contribution in [2.24, 2.45) is 0 Å². The minimum Gasteiger partial charge on any atom is -0.362 e. The van der Waals surface area contributed by atoms with E-state index in [-0.39, 0.29) is 11.5 Å². The molecule has 0 aromatic rings. The van der Waals surface area contributed by atoms with Gasteiger partial charge in [-0.1, -0.05) is 31.9 Å². The fraction of sp³-hybridized carbons (Fsp3) is 0.870. The fourth-order valence-corrected chi connectivity index (χ4v) is 11.4. The molecular weight excluding hydrogens is 688 g/mol. The van der Waals surface area contributed by atoms with Gasteiger partial charge in [0.1, 0.15) is 6.54 Å². The number of halogens is 2. The van der Waals surface area contributed by atoms with Crippen molar-refractivity contribution in [3.8, 4) is 0 Å². The summed E-state index contributed by atoms with van der Waals surface area (Å²) >= 11 is 11.5. The van der Waals surface area contributed by atoms with Gasteiger partial charge < -0.3 is 4.90 Å². The molecule has 0 radical (unpaired) electrons. The van der Waals surface area contributed by atoms with E-state index < -0.39 is 20.2 Å². The Kier molecular flexibility index (Phi) is 10.9. The van der Waals surface area contributed by atoms with Gasteiger partial charge in [-0.2, -0.15) is 16.8 Å². The zero-order valence-corrected chi connectivity index (χ0v) is 27.2. The van der Waals surface area contributed by atoms with Crippen LogP contribution in [0, 0.1) is 0 Å². The zero-order chi connectivity index (χ0) is 26.8. The van der Waals surface area contributed by atoms with Crippen LogP contribution in [-0.2, 0) is 20.2 Å². The van der Waals surface area contributed by atoms with Gasteiger partial charge in [0, 0.05) is 46.4 Å². The van der Waals surface area contributed by atoms with Crippen molar-refractivity contribution in [3.63, 3.8) is 0 Å². The van der Waals surface area contributed by atoms with E-state index in [0.29, 0.717) is 57.9 Å². The van der Waals surface area contributed by atoms with Crippen LogP contribution in [0.1, 0.15) is 64.2 Å². The third-order valence-corrected chi connectivity index (χ3v) is 13.8. The van der Waals surface area contributed by atoms with Gasteiger partial charge in [-0.3, -0.25) is 9.11 Å². The number of nitrogens with zero attached hydrogens (tertiary/aromatic N) is 2. The monoisotopic (exact) mass is 723 g/mol. The average molecular weight is 726 g/mol. The Hall–Kier alpha value is 0.690. The lowest BCUT2D eigenvalue weighted by Gasteiger charge is -2.34. The molecule has 2 saturated carbocycles. The zero-order valence-electron chi connectivity index (χ0n) is 20.8. The molecule has 0 spiro atoms. The summed E-state index contributed by atoms with van der Waals surface area (Å²) in [6.45, 7) is 1.52. The molecule has 4 aliphatic rings. The summed E-state index contributed by atoms with van der Waals surface area (Å²) < 4.78 is 65.5. The smallest absolute Gasteiger partial charge is 0.264 e. The number of thioether (sulfide) groups is 2. The Labute approximate surface area is 246 Å². The van der Waals surface area contributed by atoms with Crippen molar-refractivity contribution in [2.45, 2.75) is 96.4 Å². The molecule has 0 amide bonds. The van der Waals surface area contributed by atoms with Gasteiger partial charge in [0.25, 0.3) is 20.2 Å². The van der Waals surface area contributed by atoms with Gasteiger partial charge in [0.2, 0.25) is 5.04 Å². The highest BCUT2D eigenvalue weighted by atomic mass is 79.9. The van der Waals surface area contributed by atoms with E-state index in [4.69, 9.17) is 9.11 Å². The lowest BCUT2D eigenvalue weighted by Crippen LogP contribution is -2.40. The van der Waals surface area contributed by atoms with Gasteiger partial charge >= 0.3 is 0 Å². The van der Waals surface area contributed by atoms with Crippen LogP contribution in [0.5, 0.6) is 0 Å². The molecule has 3 fully saturated rings. The molecule has 2 N–H and O–H groups in total. The second kappa shape index (κ2) is 13.1. The quantitative estimate of drug-likeness (QED) is 0.135. The Morgan fingerprint density at radius 1 is 0.865 bits per heavy atom. The summed E-state index contributed by atoms with van der Waals surface area (Å²) in [7, 11) is -7.89. The van der Waals surface area contributed by atoms with Crippen molar-refractivity contribution < 1.29 is 30.5 Å². The molecule has 212 valence electrons. The molecule has 14 heteroatoms. The summed E-state index contributed by atoms with van der Waals surface area (Å²) in [5, 5.41) is 3.52. The Morgan fingerprint density at radius 2 is 1.49 bits per heavy atom. The van der Waals surface area contributed by atoms with Crippen LogP contribution in [0.15, 0.2) is 11.1 Å². The Balaban J connectivity index is 1.55. The first kappa shape index (κ1) is 30.6. The van der Waals surface area contributed by atoms with Gasteiger partial charge in [-0.25, -0.2) is 4.58 Å². The summed E-state index contributed by atoms with van der Waals surface area (Å²) in [5.74, 6) is -0.409. The minimum atomic E-state index is -3.95. The molecule has 6 unspecified atom stereocenters. The number of fused-ring (bicyclic) bond motifs is 2. The summed E-state index contributed by atoms with van der Waals surface area (Å²) in [6.07, 6.45) is 11.3. The fourth-order valence-electron chi connectivity index (χ4n) is 5.87. The molecule has 8 nitrogen and oxygen atoms in total. The third-order valence-electron chi connectivity index (χ3n) is 7.64. The van der Waals surface area contributed by atoms with Crippen molar-refractivity contribution >= 4 is 80.7 Å². The first-order valence-corrected chi connectivity index (χ1v) is 19.8. The minimum absolute atomic E-state index is 0.205. The highest BCUT2D eigenvalue weighted by Crippen LogP contribution is 2.48. The summed E-state index contributed by atoms with van der Waals surface area (Å²) in [5.41, 5.74) is 0. The maximum atomic E-state index is 11.2. The maximum Gasteiger partial charge on any atom is 0.264 e. The maximum absolute atomic E-state index is 11.2. The van der Waals surface area contributed by atoms with E-state index in [2.05, 4.69) is 47.4 Å². The number of unbranched alkanes of at least 4 members (excludes halogenated alkanes) is 2. The normalized spacial score (nSPS) is 33.7. The Bertz CT molecular complexity index is 1100. The summed E-state index contributed by atoms with van der Waals surface area (Å²) in [4.78, 5) is 3.44. The molecule has 4 rings (SSSR count).